The number of benzene rings is 2. The Bertz CT molecular complexity index is 856. The maximum atomic E-state index is 12.7. The van der Waals surface area contributed by atoms with Gasteiger partial charge >= 0.3 is 0 Å². The minimum absolute atomic E-state index is 0. The van der Waals surface area contributed by atoms with E-state index in [1.54, 1.807) is 43.1 Å². The third kappa shape index (κ3) is 6.24. The molecule has 0 bridgehead atoms. The van der Waals surface area contributed by atoms with E-state index >= 15 is 0 Å². The van der Waals surface area contributed by atoms with Crippen molar-refractivity contribution in [2.75, 3.05) is 32.9 Å². The van der Waals surface area contributed by atoms with Crippen molar-refractivity contribution < 1.29 is 13.2 Å². The molecule has 0 aliphatic heterocycles. The zero-order valence-electron chi connectivity index (χ0n) is 15.6. The van der Waals surface area contributed by atoms with Crippen LogP contribution in [0.5, 0.6) is 0 Å². The van der Waals surface area contributed by atoms with Crippen LogP contribution >= 0.6 is 24.2 Å². The molecule has 0 atom stereocenters. The van der Waals surface area contributed by atoms with Crippen molar-refractivity contribution in [2.45, 2.75) is 21.6 Å². The Morgan fingerprint density at radius 2 is 1.74 bits per heavy atom. The van der Waals surface area contributed by atoms with Crippen LogP contribution in [0.25, 0.3) is 0 Å². The van der Waals surface area contributed by atoms with Gasteiger partial charge in [-0.15, -0.1) is 12.4 Å². The van der Waals surface area contributed by atoms with Gasteiger partial charge in [-0.05, 0) is 43.4 Å². The number of nitrogens with zero attached hydrogens (tertiary/aromatic N) is 1. The average Bonchev–Trinajstić information content (AvgIpc) is 2.66. The third-order valence-corrected chi connectivity index (χ3v) is 6.79. The van der Waals surface area contributed by atoms with E-state index in [1.807, 2.05) is 31.3 Å². The van der Waals surface area contributed by atoms with Crippen molar-refractivity contribution in [1.29, 1.82) is 0 Å². The maximum absolute atomic E-state index is 12.7. The minimum atomic E-state index is -3.21. The number of hydrogen-bond acceptors (Lipinski definition) is 5. The van der Waals surface area contributed by atoms with E-state index in [9.17, 15) is 13.2 Å². The summed E-state index contributed by atoms with van der Waals surface area (Å²) in [6.45, 7) is 2.98. The molecule has 0 saturated heterocycles. The lowest BCUT2D eigenvalue weighted by Gasteiger charge is -2.18. The first-order valence-electron chi connectivity index (χ1n) is 8.38. The molecule has 0 heterocycles. The highest BCUT2D eigenvalue weighted by atomic mass is 35.5. The molecule has 2 rings (SSSR count). The molecular formula is C19H25ClN2O3S2. The van der Waals surface area contributed by atoms with E-state index in [1.165, 1.54) is 11.8 Å². The maximum Gasteiger partial charge on any atom is 0.254 e. The molecule has 0 radical (unpaired) electrons. The van der Waals surface area contributed by atoms with Gasteiger partial charge in [0.15, 0.2) is 9.84 Å². The van der Waals surface area contributed by atoms with Crippen molar-refractivity contribution in [2.24, 2.45) is 0 Å². The Hall–Kier alpha value is -1.54. The smallest absolute Gasteiger partial charge is 0.254 e. The SMILES string of the molecule is CCS(=O)(=O)c1ccc(Sc2ccccc2C(=O)N(C)CCNC)cc1.Cl. The normalized spacial score (nSPS) is 10.9. The molecule has 0 aliphatic carbocycles. The van der Waals surface area contributed by atoms with Gasteiger partial charge in [-0.3, -0.25) is 4.79 Å². The Morgan fingerprint density at radius 3 is 2.33 bits per heavy atom. The van der Waals surface area contributed by atoms with Crippen molar-refractivity contribution in [3.05, 3.63) is 54.1 Å². The second kappa shape index (κ2) is 10.7. The lowest BCUT2D eigenvalue weighted by atomic mass is 10.2. The fraction of sp³-hybridized carbons (Fsp3) is 0.316. The van der Waals surface area contributed by atoms with Gasteiger partial charge in [0.25, 0.3) is 5.91 Å². The number of amides is 1. The topological polar surface area (TPSA) is 66.5 Å². The zero-order valence-corrected chi connectivity index (χ0v) is 18.1. The molecule has 1 N–H and O–H groups in total. The molecule has 8 heteroatoms. The second-order valence-corrected chi connectivity index (χ2v) is 9.20. The summed E-state index contributed by atoms with van der Waals surface area (Å²) in [6, 6.07) is 14.2. The van der Waals surface area contributed by atoms with Crippen LogP contribution in [0.1, 0.15) is 17.3 Å². The molecule has 5 nitrogen and oxygen atoms in total. The summed E-state index contributed by atoms with van der Waals surface area (Å²) in [5, 5.41) is 3.03. The highest BCUT2D eigenvalue weighted by Gasteiger charge is 2.16. The molecule has 27 heavy (non-hydrogen) atoms. The summed E-state index contributed by atoms with van der Waals surface area (Å²) < 4.78 is 23.8. The van der Waals surface area contributed by atoms with Crippen LogP contribution in [0.15, 0.2) is 63.2 Å². The standard InChI is InChI=1S/C19H24N2O3S2.ClH/c1-4-26(23,24)16-11-9-15(10-12-16)25-18-8-6-5-7-17(18)19(22)21(3)14-13-20-2;/h5-12,20H,4,13-14H2,1-3H3;1H. The van der Waals surface area contributed by atoms with Crippen molar-refractivity contribution in [3.63, 3.8) is 0 Å². The molecule has 0 fully saturated rings. The predicted molar refractivity (Wildman–Crippen MR) is 113 cm³/mol. The van der Waals surface area contributed by atoms with Gasteiger partial charge in [-0.1, -0.05) is 30.8 Å². The quantitative estimate of drug-likeness (QED) is 0.698. The van der Waals surface area contributed by atoms with Gasteiger partial charge in [-0.25, -0.2) is 8.42 Å². The van der Waals surface area contributed by atoms with Crippen LogP contribution in [0.3, 0.4) is 0 Å². The van der Waals surface area contributed by atoms with E-state index in [4.69, 9.17) is 0 Å². The summed E-state index contributed by atoms with van der Waals surface area (Å²) in [7, 11) is 0.429. The van der Waals surface area contributed by atoms with Gasteiger partial charge < -0.3 is 10.2 Å². The zero-order chi connectivity index (χ0) is 19.2. The van der Waals surface area contributed by atoms with Gasteiger partial charge in [0.2, 0.25) is 0 Å². The van der Waals surface area contributed by atoms with E-state index in [0.717, 1.165) is 16.3 Å². The number of rotatable bonds is 8. The molecule has 0 saturated carbocycles. The van der Waals surface area contributed by atoms with Crippen LogP contribution in [-0.2, 0) is 9.84 Å². The Morgan fingerprint density at radius 1 is 1.11 bits per heavy atom. The van der Waals surface area contributed by atoms with Crippen molar-refractivity contribution in [1.82, 2.24) is 10.2 Å². The first-order chi connectivity index (χ1) is 12.4. The third-order valence-electron chi connectivity index (χ3n) is 3.95. The average molecular weight is 429 g/mol. The number of sulfone groups is 1. The van der Waals surface area contributed by atoms with E-state index in [2.05, 4.69) is 5.32 Å². The van der Waals surface area contributed by atoms with Gasteiger partial charge in [0.1, 0.15) is 0 Å². The minimum Gasteiger partial charge on any atom is -0.340 e. The second-order valence-electron chi connectivity index (χ2n) is 5.80. The largest absolute Gasteiger partial charge is 0.340 e. The Balaban J connectivity index is 0.00000364. The lowest BCUT2D eigenvalue weighted by Crippen LogP contribution is -2.33. The summed E-state index contributed by atoms with van der Waals surface area (Å²) in [6.07, 6.45) is 0. The molecule has 2 aromatic carbocycles. The van der Waals surface area contributed by atoms with Crippen molar-refractivity contribution in [3.8, 4) is 0 Å². The number of nitrogens with one attached hydrogen (secondary N) is 1. The molecular weight excluding hydrogens is 404 g/mol. The highest BCUT2D eigenvalue weighted by molar-refractivity contribution is 7.99. The number of hydrogen-bond donors (Lipinski definition) is 1. The predicted octanol–water partition coefficient (Wildman–Crippen LogP) is 3.34. The monoisotopic (exact) mass is 428 g/mol. The van der Waals surface area contributed by atoms with Crippen molar-refractivity contribution >= 4 is 39.9 Å². The van der Waals surface area contributed by atoms with Gasteiger partial charge in [0, 0.05) is 29.9 Å². The summed E-state index contributed by atoms with van der Waals surface area (Å²) in [5.41, 5.74) is 0.640. The first-order valence-corrected chi connectivity index (χ1v) is 10.9. The number of carbonyl (C=O) groups is 1. The van der Waals surface area contributed by atoms with Gasteiger partial charge in [-0.2, -0.15) is 0 Å². The fourth-order valence-electron chi connectivity index (χ4n) is 2.33. The van der Waals surface area contributed by atoms with Crippen LogP contribution < -0.4 is 5.32 Å². The summed E-state index contributed by atoms with van der Waals surface area (Å²) in [5.74, 6) is 0.0454. The van der Waals surface area contributed by atoms with E-state index in [-0.39, 0.29) is 24.1 Å². The molecule has 0 unspecified atom stereocenters. The highest BCUT2D eigenvalue weighted by Crippen LogP contribution is 2.31. The first kappa shape index (κ1) is 23.5. The molecule has 0 aromatic heterocycles. The summed E-state index contributed by atoms with van der Waals surface area (Å²) in [4.78, 5) is 16.4. The van der Waals surface area contributed by atoms with Crippen LogP contribution in [0.2, 0.25) is 0 Å². The van der Waals surface area contributed by atoms with E-state index in [0.29, 0.717) is 17.0 Å². The van der Waals surface area contributed by atoms with Crippen LogP contribution in [-0.4, -0.2) is 52.2 Å². The van der Waals surface area contributed by atoms with Crippen LogP contribution in [0.4, 0.5) is 0 Å². The number of carbonyl (C=O) groups excluding carboxylic acids is 1. The molecule has 0 spiro atoms. The number of halogens is 1. The van der Waals surface area contributed by atoms with E-state index < -0.39 is 9.84 Å². The molecule has 0 aliphatic rings. The van der Waals surface area contributed by atoms with Crippen LogP contribution in [0, 0.1) is 0 Å². The summed E-state index contributed by atoms with van der Waals surface area (Å²) >= 11 is 1.45. The van der Waals surface area contributed by atoms with Gasteiger partial charge in [0.05, 0.1) is 16.2 Å². The lowest BCUT2D eigenvalue weighted by molar-refractivity contribution is 0.0793. The molecule has 1 amide bonds. The molecule has 148 valence electrons. The Labute approximate surface area is 171 Å². The molecule has 2 aromatic rings. The fourth-order valence-corrected chi connectivity index (χ4v) is 4.15. The number of likely N-dealkylation sites (N-methyl/N-ethyl adjacent to an activating group) is 2. The Kier molecular flexibility index (Phi) is 9.32.